The van der Waals surface area contributed by atoms with E-state index in [4.69, 9.17) is 79.6 Å². The Kier molecular flexibility index (Phi) is 14.4. The topological polar surface area (TPSA) is 199 Å². The maximum atomic E-state index is 14.2. The molecule has 0 aliphatic carbocycles. The van der Waals surface area contributed by atoms with Crippen LogP contribution in [0.4, 0.5) is 4.79 Å². The van der Waals surface area contributed by atoms with Gasteiger partial charge in [-0.25, -0.2) is 9.59 Å². The fraction of sp³-hybridized carbons (Fsp3) is 0.457. The van der Waals surface area contributed by atoms with Crippen molar-refractivity contribution >= 4 is 88.2 Å². The largest absolute Gasteiger partial charge is 0.463 e. The Balaban J connectivity index is 1.81. The molecule has 16 nitrogen and oxygen atoms in total. The number of imide groups is 1. The van der Waals surface area contributed by atoms with Gasteiger partial charge in [0.1, 0.15) is 31.0 Å². The van der Waals surface area contributed by atoms with Crippen LogP contribution >= 0.6 is 46.4 Å². The van der Waals surface area contributed by atoms with Crippen molar-refractivity contribution in [3.8, 4) is 0 Å². The van der Waals surface area contributed by atoms with Crippen LogP contribution in [0.25, 0.3) is 0 Å². The minimum atomic E-state index is -1.90. The number of benzene rings is 2. The van der Waals surface area contributed by atoms with Crippen molar-refractivity contribution in [3.05, 3.63) is 67.1 Å². The molecule has 1 fully saturated rings. The fourth-order valence-electron chi connectivity index (χ4n) is 5.57. The smallest absolute Gasteiger partial charge is 0.408 e. The highest BCUT2D eigenvalue weighted by atomic mass is 35.5. The maximum absolute atomic E-state index is 14.2. The first kappa shape index (κ1) is 43.5. The van der Waals surface area contributed by atoms with Crippen molar-refractivity contribution in [1.82, 2.24) is 10.2 Å². The molecular formula is C35H36Cl4N2O14. The molecule has 0 bridgehead atoms. The second-order valence-corrected chi connectivity index (χ2v) is 14.6. The standard InChI is InChI=1S/C35H36Cl4N2O14/c1-15(42)49-14-20-28(52-16(2)43)29(53-17(3)44)27(41-30(45)21-22(31(41)46)24(37)26(39)25(38)23(21)36)33(54-20)51-13-19(40-34(48)55-35(4,5)6)32(47)50-12-18-10-8-7-9-11-18/h7-11,19-20,27-29,33H,12-14H2,1-6H3,(H,40,48)/t19-,20+,27+,28+,29+,33+/m0/s1. The third-order valence-corrected chi connectivity index (χ3v) is 9.53. The molecule has 3 amide bonds. The van der Waals surface area contributed by atoms with E-state index in [-0.39, 0.29) is 16.7 Å². The molecule has 2 aromatic rings. The summed E-state index contributed by atoms with van der Waals surface area (Å²) in [5, 5.41) is 0.816. The summed E-state index contributed by atoms with van der Waals surface area (Å²) >= 11 is 25.2. The zero-order valence-corrected chi connectivity index (χ0v) is 33.2. The molecule has 1 N–H and O–H groups in total. The number of carbonyl (C=O) groups is 7. The number of ether oxygens (including phenoxy) is 7. The number of amides is 3. The number of nitrogens with one attached hydrogen (secondary N) is 1. The van der Waals surface area contributed by atoms with Crippen molar-refractivity contribution in [2.45, 2.75) is 90.4 Å². The van der Waals surface area contributed by atoms with Crippen molar-refractivity contribution in [3.63, 3.8) is 0 Å². The third kappa shape index (κ3) is 10.6. The van der Waals surface area contributed by atoms with E-state index in [2.05, 4.69) is 5.32 Å². The Labute approximate surface area is 334 Å². The molecule has 55 heavy (non-hydrogen) atoms. The molecule has 2 aliphatic heterocycles. The highest BCUT2D eigenvalue weighted by Gasteiger charge is 2.58. The van der Waals surface area contributed by atoms with E-state index in [1.165, 1.54) is 0 Å². The second-order valence-electron chi connectivity index (χ2n) is 13.1. The SMILES string of the molecule is CC(=O)OC[C@H]1O[C@@H](OC[C@H](NC(=O)OC(C)(C)C)C(=O)OCc2ccccc2)[C@H](N2C(=O)c3c(Cl)c(Cl)c(Cl)c(Cl)c3C2=O)[C@@H](OC(C)=O)[C@@H]1OC(C)=O. The van der Waals surface area contributed by atoms with Crippen LogP contribution in [0, 0.1) is 0 Å². The van der Waals surface area contributed by atoms with Gasteiger partial charge >= 0.3 is 30.0 Å². The summed E-state index contributed by atoms with van der Waals surface area (Å²) in [7, 11) is 0. The molecule has 0 aromatic heterocycles. The first-order chi connectivity index (χ1) is 25.7. The molecule has 0 radical (unpaired) electrons. The molecule has 0 spiro atoms. The Morgan fingerprint density at radius 2 is 1.35 bits per heavy atom. The van der Waals surface area contributed by atoms with E-state index < -0.39 is 118 Å². The van der Waals surface area contributed by atoms with Gasteiger partial charge in [-0.3, -0.25) is 28.9 Å². The number of carbonyl (C=O) groups excluding carboxylic acids is 7. The summed E-state index contributed by atoms with van der Waals surface area (Å²) in [5.41, 5.74) is -1.31. The van der Waals surface area contributed by atoms with Crippen LogP contribution in [-0.2, 0) is 58.9 Å². The zero-order valence-electron chi connectivity index (χ0n) is 30.1. The van der Waals surface area contributed by atoms with Gasteiger partial charge in [-0.2, -0.15) is 0 Å². The Hall–Kier alpha value is -4.19. The van der Waals surface area contributed by atoms with E-state index in [1.54, 1.807) is 51.1 Å². The lowest BCUT2D eigenvalue weighted by atomic mass is 9.94. The molecule has 1 saturated heterocycles. The fourth-order valence-corrected chi connectivity index (χ4v) is 6.58. The van der Waals surface area contributed by atoms with Gasteiger partial charge in [0.25, 0.3) is 11.8 Å². The predicted octanol–water partition coefficient (Wildman–Crippen LogP) is 5.07. The van der Waals surface area contributed by atoms with Gasteiger partial charge in [0, 0.05) is 20.8 Å². The van der Waals surface area contributed by atoms with Crippen LogP contribution in [0.3, 0.4) is 0 Å². The highest BCUT2D eigenvalue weighted by Crippen LogP contribution is 2.46. The first-order valence-corrected chi connectivity index (χ1v) is 17.9. The number of halogens is 4. The average Bonchev–Trinajstić information content (AvgIpc) is 3.35. The van der Waals surface area contributed by atoms with E-state index >= 15 is 0 Å². The summed E-state index contributed by atoms with van der Waals surface area (Å²) in [6, 6.07) is 5.10. The summed E-state index contributed by atoms with van der Waals surface area (Å²) in [5.74, 6) is -5.95. The van der Waals surface area contributed by atoms with Crippen LogP contribution < -0.4 is 5.32 Å². The summed E-state index contributed by atoms with van der Waals surface area (Å²) in [6.45, 7) is 6.24. The average molecular weight is 850 g/mol. The molecule has 298 valence electrons. The first-order valence-electron chi connectivity index (χ1n) is 16.4. The summed E-state index contributed by atoms with van der Waals surface area (Å²) in [4.78, 5) is 92.1. The van der Waals surface area contributed by atoms with Crippen LogP contribution in [0.2, 0.25) is 20.1 Å². The number of hydrogen-bond acceptors (Lipinski definition) is 14. The van der Waals surface area contributed by atoms with Crippen molar-refractivity contribution < 1.29 is 66.7 Å². The number of rotatable bonds is 12. The van der Waals surface area contributed by atoms with Crippen molar-refractivity contribution in [2.75, 3.05) is 13.2 Å². The third-order valence-electron chi connectivity index (χ3n) is 7.73. The second kappa shape index (κ2) is 18.2. The van der Waals surface area contributed by atoms with E-state index in [0.29, 0.717) is 10.5 Å². The Bertz CT molecular complexity index is 1810. The van der Waals surface area contributed by atoms with Gasteiger partial charge < -0.3 is 38.5 Å². The molecule has 2 aliphatic rings. The maximum Gasteiger partial charge on any atom is 0.408 e. The summed E-state index contributed by atoms with van der Waals surface area (Å²) in [6.07, 6.45) is -7.87. The van der Waals surface area contributed by atoms with Gasteiger partial charge in [0.15, 0.2) is 24.5 Å². The lowest BCUT2D eigenvalue weighted by Gasteiger charge is -2.47. The molecule has 0 unspecified atom stereocenters. The Morgan fingerprint density at radius 3 is 1.85 bits per heavy atom. The molecule has 4 rings (SSSR count). The van der Waals surface area contributed by atoms with Crippen LogP contribution in [-0.4, -0.2) is 102 Å². The van der Waals surface area contributed by atoms with E-state index in [1.807, 2.05) is 0 Å². The lowest BCUT2D eigenvalue weighted by Crippen LogP contribution is -2.68. The van der Waals surface area contributed by atoms with Crippen molar-refractivity contribution in [2.24, 2.45) is 0 Å². The molecule has 0 saturated carbocycles. The number of alkyl carbamates (subject to hydrolysis) is 1. The zero-order chi connectivity index (χ0) is 40.9. The monoisotopic (exact) mass is 848 g/mol. The molecule has 2 heterocycles. The van der Waals surface area contributed by atoms with Crippen LogP contribution in [0.1, 0.15) is 67.8 Å². The predicted molar refractivity (Wildman–Crippen MR) is 193 cm³/mol. The van der Waals surface area contributed by atoms with Gasteiger partial charge in [0.2, 0.25) is 0 Å². The van der Waals surface area contributed by atoms with Gasteiger partial charge in [-0.05, 0) is 26.3 Å². The molecular weight excluding hydrogens is 814 g/mol. The minimum absolute atomic E-state index is 0.209. The summed E-state index contributed by atoms with van der Waals surface area (Å²) < 4.78 is 39.1. The number of fused-ring (bicyclic) bond motifs is 1. The molecule has 2 aromatic carbocycles. The molecule has 20 heteroatoms. The normalized spacial score (nSPS) is 21.3. The van der Waals surface area contributed by atoms with E-state index in [9.17, 15) is 33.6 Å². The van der Waals surface area contributed by atoms with Crippen LogP contribution in [0.15, 0.2) is 30.3 Å². The van der Waals surface area contributed by atoms with Crippen molar-refractivity contribution in [1.29, 1.82) is 0 Å². The van der Waals surface area contributed by atoms with Gasteiger partial charge in [-0.1, -0.05) is 76.7 Å². The number of hydrogen-bond donors (Lipinski definition) is 1. The molecule has 6 atom stereocenters. The van der Waals surface area contributed by atoms with Crippen LogP contribution in [0.5, 0.6) is 0 Å². The number of esters is 4. The Morgan fingerprint density at radius 1 is 0.800 bits per heavy atom. The quantitative estimate of drug-likeness (QED) is 0.0976. The lowest BCUT2D eigenvalue weighted by molar-refractivity contribution is -0.286. The highest BCUT2D eigenvalue weighted by molar-refractivity contribution is 6.55. The van der Waals surface area contributed by atoms with Gasteiger partial charge in [0.05, 0.1) is 37.8 Å². The van der Waals surface area contributed by atoms with Gasteiger partial charge in [-0.15, -0.1) is 0 Å². The number of nitrogens with zero attached hydrogens (tertiary/aromatic N) is 1. The minimum Gasteiger partial charge on any atom is -0.463 e. The van der Waals surface area contributed by atoms with E-state index in [0.717, 1.165) is 20.8 Å².